The maximum absolute atomic E-state index is 12.0. The number of allylic oxidation sites excluding steroid dienone is 1. The Morgan fingerprint density at radius 1 is 0.971 bits per heavy atom. The predicted molar refractivity (Wildman–Crippen MR) is 125 cm³/mol. The van der Waals surface area contributed by atoms with Crippen LogP contribution in [0.15, 0.2) is 61.2 Å². The molecule has 0 atom stereocenters. The minimum Gasteiger partial charge on any atom is -0.545 e. The molecule has 0 spiro atoms. The number of phenols is 1. The van der Waals surface area contributed by atoms with Crippen LogP contribution in [-0.4, -0.2) is 30.1 Å². The molecule has 6 nitrogen and oxygen atoms in total. The van der Waals surface area contributed by atoms with Gasteiger partial charge in [0.05, 0.1) is 19.2 Å². The molecule has 0 radical (unpaired) electrons. The fourth-order valence-corrected chi connectivity index (χ4v) is 3.59. The number of carboxylic acids is 1. The largest absolute Gasteiger partial charge is 1.00 e. The van der Waals surface area contributed by atoms with Crippen LogP contribution in [0.3, 0.4) is 0 Å². The van der Waals surface area contributed by atoms with Crippen molar-refractivity contribution in [1.82, 2.24) is 0 Å². The summed E-state index contributed by atoms with van der Waals surface area (Å²) in [6.07, 6.45) is 4.63. The average Bonchev–Trinajstić information content (AvgIpc) is 2.79. The van der Waals surface area contributed by atoms with Gasteiger partial charge in [-0.25, -0.2) is 0 Å². The number of fused-ring (bicyclic) bond motifs is 1. The third-order valence-corrected chi connectivity index (χ3v) is 5.30. The van der Waals surface area contributed by atoms with Crippen molar-refractivity contribution in [2.45, 2.75) is 32.6 Å². The van der Waals surface area contributed by atoms with Crippen LogP contribution >= 0.6 is 0 Å². The van der Waals surface area contributed by atoms with Crippen molar-refractivity contribution in [3.05, 3.63) is 77.9 Å². The number of benzene rings is 3. The van der Waals surface area contributed by atoms with E-state index in [4.69, 9.17) is 9.47 Å². The maximum atomic E-state index is 12.0. The Bertz CT molecular complexity index is 1170. The summed E-state index contributed by atoms with van der Waals surface area (Å²) in [4.78, 5) is 22.9. The molecule has 0 aliphatic rings. The number of unbranched alkanes of at least 4 members (excludes halogenated alkanes) is 2. The summed E-state index contributed by atoms with van der Waals surface area (Å²) in [6, 6.07) is 13.8. The van der Waals surface area contributed by atoms with Crippen LogP contribution < -0.4 is 44.1 Å². The molecule has 34 heavy (non-hydrogen) atoms. The number of carboxylic acid groups (broad SMARTS) is 1. The van der Waals surface area contributed by atoms with Crippen molar-refractivity contribution in [2.75, 3.05) is 13.2 Å². The molecule has 0 unspecified atom stereocenters. The zero-order chi connectivity index (χ0) is 23.8. The van der Waals surface area contributed by atoms with Crippen LogP contribution in [0.1, 0.15) is 52.5 Å². The Balaban J connectivity index is 0.00000408. The molecule has 0 saturated carbocycles. The van der Waals surface area contributed by atoms with Crippen molar-refractivity contribution in [2.24, 2.45) is 0 Å². The van der Waals surface area contributed by atoms with Crippen LogP contribution in [0, 0.1) is 0 Å². The molecular weight excluding hydrogens is 443 g/mol. The Labute approximate surface area is 221 Å². The van der Waals surface area contributed by atoms with Gasteiger partial charge in [-0.2, -0.15) is 0 Å². The third kappa shape index (κ3) is 7.10. The van der Waals surface area contributed by atoms with Gasteiger partial charge in [-0.15, -0.1) is 6.58 Å². The minimum atomic E-state index is -1.19. The van der Waals surface area contributed by atoms with E-state index in [0.29, 0.717) is 30.9 Å². The summed E-state index contributed by atoms with van der Waals surface area (Å²) in [5, 5.41) is 23.0. The van der Waals surface area contributed by atoms with Crippen molar-refractivity contribution in [1.29, 1.82) is 0 Å². The van der Waals surface area contributed by atoms with Gasteiger partial charge < -0.3 is 24.5 Å². The van der Waals surface area contributed by atoms with E-state index < -0.39 is 5.97 Å². The zero-order valence-electron chi connectivity index (χ0n) is 19.6. The van der Waals surface area contributed by atoms with Crippen LogP contribution in [0.25, 0.3) is 10.8 Å². The molecule has 0 heterocycles. The van der Waals surface area contributed by atoms with Crippen LogP contribution in [0.5, 0.6) is 17.2 Å². The predicted octanol–water partition coefficient (Wildman–Crippen LogP) is 1.47. The first kappa shape index (κ1) is 27.4. The Hall–Kier alpha value is -2.80. The van der Waals surface area contributed by atoms with E-state index in [1.807, 2.05) is 18.2 Å². The second-order valence-corrected chi connectivity index (χ2v) is 7.76. The SMILES string of the molecule is C=CCc1ccc(OCCCCCOc2ccc3cc(C(=O)[O-])ccc3c2)c(C(C)=O)c1O.[Na+]. The van der Waals surface area contributed by atoms with E-state index in [9.17, 15) is 19.8 Å². The van der Waals surface area contributed by atoms with E-state index in [-0.39, 0.29) is 52.2 Å². The number of hydrogen-bond donors (Lipinski definition) is 1. The fraction of sp³-hybridized carbons (Fsp3) is 0.259. The average molecular weight is 470 g/mol. The van der Waals surface area contributed by atoms with Gasteiger partial charge in [0, 0.05) is 0 Å². The molecule has 0 bridgehead atoms. The monoisotopic (exact) mass is 470 g/mol. The van der Waals surface area contributed by atoms with Crippen molar-refractivity contribution >= 4 is 22.5 Å². The van der Waals surface area contributed by atoms with Gasteiger partial charge >= 0.3 is 29.6 Å². The molecule has 0 aromatic heterocycles. The number of rotatable bonds is 12. The number of aromatic carboxylic acids is 1. The fourth-order valence-electron chi connectivity index (χ4n) is 3.59. The van der Waals surface area contributed by atoms with Crippen molar-refractivity contribution in [3.8, 4) is 17.2 Å². The third-order valence-electron chi connectivity index (χ3n) is 5.30. The molecule has 3 rings (SSSR count). The van der Waals surface area contributed by atoms with Gasteiger partial charge in [0.15, 0.2) is 5.78 Å². The molecule has 3 aromatic carbocycles. The van der Waals surface area contributed by atoms with Crippen LogP contribution in [0.2, 0.25) is 0 Å². The number of aromatic hydroxyl groups is 1. The molecule has 0 fully saturated rings. The van der Waals surface area contributed by atoms with Gasteiger partial charge in [0.1, 0.15) is 22.8 Å². The topological polar surface area (TPSA) is 95.9 Å². The number of carbonyl (C=O) groups excluding carboxylic acids is 2. The quantitative estimate of drug-likeness (QED) is 0.186. The Morgan fingerprint density at radius 2 is 1.65 bits per heavy atom. The number of phenolic OH excluding ortho intramolecular Hbond substituents is 1. The summed E-state index contributed by atoms with van der Waals surface area (Å²) >= 11 is 0. The number of ketones is 1. The van der Waals surface area contributed by atoms with Gasteiger partial charge in [-0.3, -0.25) is 4.79 Å². The smallest absolute Gasteiger partial charge is 0.545 e. The summed E-state index contributed by atoms with van der Waals surface area (Å²) in [7, 11) is 0. The van der Waals surface area contributed by atoms with E-state index >= 15 is 0 Å². The van der Waals surface area contributed by atoms with Gasteiger partial charge in [0.25, 0.3) is 0 Å². The summed E-state index contributed by atoms with van der Waals surface area (Å²) in [6.45, 7) is 6.04. The van der Waals surface area contributed by atoms with E-state index in [2.05, 4.69) is 6.58 Å². The molecule has 0 amide bonds. The molecule has 7 heteroatoms. The van der Waals surface area contributed by atoms with E-state index in [1.54, 1.807) is 30.3 Å². The summed E-state index contributed by atoms with van der Waals surface area (Å²) < 4.78 is 11.6. The van der Waals surface area contributed by atoms with Gasteiger partial charge in [-0.05, 0) is 78.8 Å². The van der Waals surface area contributed by atoms with Gasteiger partial charge in [-0.1, -0.05) is 30.3 Å². The zero-order valence-corrected chi connectivity index (χ0v) is 21.6. The number of carbonyl (C=O) groups is 2. The molecule has 1 N–H and O–H groups in total. The standard InChI is InChI=1S/C27H28O6.Na/c1-3-7-19-11-13-24(25(18(2)28)26(19)29)33-15-6-4-5-14-32-23-12-10-20-16-22(27(30)31)9-8-21(20)17-23;/h3,8-13,16-17,29H,1,4-7,14-15H2,2H3,(H,30,31);/q;+1/p-1. The second-order valence-electron chi connectivity index (χ2n) is 7.76. The van der Waals surface area contributed by atoms with Crippen molar-refractivity contribution < 1.29 is 58.8 Å². The first-order chi connectivity index (χ1) is 15.9. The minimum absolute atomic E-state index is 0. The number of hydrogen-bond acceptors (Lipinski definition) is 6. The molecule has 0 aliphatic heterocycles. The molecule has 0 aliphatic carbocycles. The van der Waals surface area contributed by atoms with Gasteiger partial charge in [0.2, 0.25) is 0 Å². The van der Waals surface area contributed by atoms with Crippen LogP contribution in [-0.2, 0) is 6.42 Å². The molecular formula is C27H27NaO6. The second kappa shape index (κ2) is 13.2. The van der Waals surface area contributed by atoms with Crippen LogP contribution in [0.4, 0.5) is 0 Å². The normalized spacial score (nSPS) is 10.4. The Kier molecular flexibility index (Phi) is 10.6. The number of Topliss-reactive ketones (excluding diaryl/α,β-unsaturated/α-hetero) is 1. The van der Waals surface area contributed by atoms with Crippen molar-refractivity contribution in [3.63, 3.8) is 0 Å². The van der Waals surface area contributed by atoms with E-state index in [0.717, 1.165) is 35.8 Å². The summed E-state index contributed by atoms with van der Waals surface area (Å²) in [5.41, 5.74) is 1.00. The Morgan fingerprint density at radius 3 is 2.32 bits per heavy atom. The molecule has 172 valence electrons. The summed E-state index contributed by atoms with van der Waals surface area (Å²) in [5.74, 6) is -0.365. The molecule has 0 saturated heterocycles. The molecule has 3 aromatic rings. The first-order valence-electron chi connectivity index (χ1n) is 10.9. The van der Waals surface area contributed by atoms with E-state index in [1.165, 1.54) is 13.0 Å². The first-order valence-corrected chi connectivity index (χ1v) is 10.9. The maximum Gasteiger partial charge on any atom is 1.00 e. The number of ether oxygens (including phenoxy) is 2.